The van der Waals surface area contributed by atoms with Gasteiger partial charge in [-0.3, -0.25) is 4.79 Å². The van der Waals surface area contributed by atoms with Gasteiger partial charge in [0.25, 0.3) is 0 Å². The van der Waals surface area contributed by atoms with Crippen LogP contribution in [-0.4, -0.2) is 52.7 Å². The first-order chi connectivity index (χ1) is 15.6. The van der Waals surface area contributed by atoms with Crippen LogP contribution in [-0.2, 0) is 20.9 Å². The number of carbonyl (C=O) groups excluding carboxylic acids is 3. The number of aliphatic hydroxyl groups excluding tert-OH is 1. The second kappa shape index (κ2) is 10.5. The van der Waals surface area contributed by atoms with E-state index in [9.17, 15) is 19.5 Å². The number of β-amino-alcohol motifs (C(OH)–C–C–N with tert-alkyl or cyclic N) is 1. The number of esters is 1. The van der Waals surface area contributed by atoms with Crippen molar-refractivity contribution in [3.8, 4) is 5.75 Å². The minimum absolute atomic E-state index is 0.0219. The number of nitrogens with zero attached hydrogens (tertiary/aromatic N) is 1. The number of amides is 2. The lowest BCUT2D eigenvalue weighted by Crippen LogP contribution is -2.57. The lowest BCUT2D eigenvalue weighted by atomic mass is 9.85. The van der Waals surface area contributed by atoms with E-state index in [1.807, 2.05) is 30.3 Å². The smallest absolute Gasteiger partial charge is 0.413 e. The first-order valence-electron chi connectivity index (χ1n) is 10.9. The molecule has 176 valence electrons. The van der Waals surface area contributed by atoms with Crippen LogP contribution in [0.2, 0.25) is 0 Å². The molecule has 33 heavy (non-hydrogen) atoms. The van der Waals surface area contributed by atoms with Crippen molar-refractivity contribution < 1.29 is 29.0 Å². The monoisotopic (exact) mass is 454 g/mol. The molecule has 0 saturated carbocycles. The number of benzene rings is 2. The number of hydrogen-bond acceptors (Lipinski definition) is 6. The third-order valence-electron chi connectivity index (χ3n) is 5.39. The molecule has 0 aromatic heterocycles. The highest BCUT2D eigenvalue weighted by atomic mass is 16.6. The molecular weight excluding hydrogens is 424 g/mol. The fourth-order valence-electron chi connectivity index (χ4n) is 3.66. The molecule has 0 unspecified atom stereocenters. The Kier molecular flexibility index (Phi) is 7.71. The summed E-state index contributed by atoms with van der Waals surface area (Å²) in [4.78, 5) is 40.0. The molecule has 1 heterocycles. The Morgan fingerprint density at radius 3 is 2.27 bits per heavy atom. The minimum Gasteiger partial charge on any atom is -0.459 e. The molecule has 0 radical (unpaired) electrons. The number of carbonyl (C=O) groups is 3. The van der Waals surface area contributed by atoms with E-state index < -0.39 is 41.6 Å². The molecule has 2 aromatic carbocycles. The van der Waals surface area contributed by atoms with E-state index in [1.54, 1.807) is 51.1 Å². The van der Waals surface area contributed by atoms with E-state index in [-0.39, 0.29) is 19.6 Å². The summed E-state index contributed by atoms with van der Waals surface area (Å²) in [5.74, 6) is -0.733. The number of likely N-dealkylation sites (tertiary alicyclic amines) is 1. The maximum absolute atomic E-state index is 13.5. The van der Waals surface area contributed by atoms with Crippen molar-refractivity contribution in [2.45, 2.75) is 52.0 Å². The van der Waals surface area contributed by atoms with Gasteiger partial charge in [-0.2, -0.15) is 0 Å². The largest absolute Gasteiger partial charge is 0.459 e. The van der Waals surface area contributed by atoms with Crippen molar-refractivity contribution in [3.05, 3.63) is 66.2 Å². The van der Waals surface area contributed by atoms with Crippen molar-refractivity contribution in [2.24, 2.45) is 5.41 Å². The number of ether oxygens (including phenoxy) is 2. The summed E-state index contributed by atoms with van der Waals surface area (Å²) in [5.41, 5.74) is 0.138. The number of para-hydroxylation sites is 1. The first-order valence-corrected chi connectivity index (χ1v) is 10.9. The number of nitrogens with one attached hydrogen (secondary N) is 1. The van der Waals surface area contributed by atoms with Crippen molar-refractivity contribution >= 4 is 18.0 Å². The summed E-state index contributed by atoms with van der Waals surface area (Å²) in [5, 5.41) is 12.8. The van der Waals surface area contributed by atoms with Gasteiger partial charge in [-0.1, -0.05) is 69.3 Å². The standard InChI is InChI=1S/C25H30N2O6/c1-25(2,3)21(26-24(31)33-19-12-8-5-9-13-19)22(29)27-15-18(28)14-20(27)23(30)32-16-17-10-6-4-7-11-17/h4-13,18,20-21,28H,14-16H2,1-3H3,(H,26,31)/t18-,20+,21-/m1/s1. The second-order valence-electron chi connectivity index (χ2n) is 9.14. The van der Waals surface area contributed by atoms with Crippen LogP contribution in [0.1, 0.15) is 32.8 Å². The van der Waals surface area contributed by atoms with Crippen LogP contribution in [0.15, 0.2) is 60.7 Å². The lowest BCUT2D eigenvalue weighted by molar-refractivity contribution is -0.155. The van der Waals surface area contributed by atoms with Crippen LogP contribution >= 0.6 is 0 Å². The summed E-state index contributed by atoms with van der Waals surface area (Å²) in [7, 11) is 0. The van der Waals surface area contributed by atoms with Gasteiger partial charge in [-0.15, -0.1) is 0 Å². The number of rotatable bonds is 6. The number of hydrogen-bond donors (Lipinski definition) is 2. The Bertz CT molecular complexity index is 958. The van der Waals surface area contributed by atoms with Crippen molar-refractivity contribution in [2.75, 3.05) is 6.54 Å². The van der Waals surface area contributed by atoms with Crippen LogP contribution in [0.3, 0.4) is 0 Å². The van der Waals surface area contributed by atoms with Gasteiger partial charge in [0.15, 0.2) is 0 Å². The maximum atomic E-state index is 13.5. The molecule has 2 N–H and O–H groups in total. The summed E-state index contributed by atoms with van der Waals surface area (Å²) < 4.78 is 10.7. The van der Waals surface area contributed by atoms with E-state index in [0.29, 0.717) is 5.75 Å². The Morgan fingerprint density at radius 2 is 1.67 bits per heavy atom. The molecule has 1 aliphatic rings. The van der Waals surface area contributed by atoms with Gasteiger partial charge in [0.1, 0.15) is 24.4 Å². The summed E-state index contributed by atoms with van der Waals surface area (Å²) in [6.45, 7) is 5.44. The van der Waals surface area contributed by atoms with Crippen LogP contribution in [0.25, 0.3) is 0 Å². The molecule has 2 aromatic rings. The lowest BCUT2D eigenvalue weighted by Gasteiger charge is -2.34. The Labute approximate surface area is 193 Å². The highest BCUT2D eigenvalue weighted by molar-refractivity contribution is 5.91. The zero-order valence-corrected chi connectivity index (χ0v) is 19.1. The van der Waals surface area contributed by atoms with Crippen LogP contribution < -0.4 is 10.1 Å². The predicted octanol–water partition coefficient (Wildman–Crippen LogP) is 2.89. The quantitative estimate of drug-likeness (QED) is 0.651. The average molecular weight is 455 g/mol. The zero-order chi connectivity index (χ0) is 24.0. The molecule has 1 aliphatic heterocycles. The fourth-order valence-corrected chi connectivity index (χ4v) is 3.66. The average Bonchev–Trinajstić information content (AvgIpc) is 3.18. The summed E-state index contributed by atoms with van der Waals surface area (Å²) >= 11 is 0. The molecule has 8 heteroatoms. The van der Waals surface area contributed by atoms with Gasteiger partial charge in [-0.05, 0) is 23.1 Å². The second-order valence-corrected chi connectivity index (χ2v) is 9.14. The van der Waals surface area contributed by atoms with Gasteiger partial charge in [0.2, 0.25) is 5.91 Å². The Balaban J connectivity index is 1.70. The Hall–Kier alpha value is -3.39. The van der Waals surface area contributed by atoms with Gasteiger partial charge >= 0.3 is 12.1 Å². The molecule has 3 rings (SSSR count). The zero-order valence-electron chi connectivity index (χ0n) is 19.1. The summed E-state index contributed by atoms with van der Waals surface area (Å²) in [6, 6.07) is 15.8. The summed E-state index contributed by atoms with van der Waals surface area (Å²) in [6.07, 6.45) is -1.57. The SMILES string of the molecule is CC(C)(C)[C@H](NC(=O)Oc1ccccc1)C(=O)N1C[C@H](O)C[C@H]1C(=O)OCc1ccccc1. The van der Waals surface area contributed by atoms with Crippen LogP contribution in [0.4, 0.5) is 4.79 Å². The topological polar surface area (TPSA) is 105 Å². The Morgan fingerprint density at radius 1 is 1.06 bits per heavy atom. The molecule has 1 saturated heterocycles. The van der Waals surface area contributed by atoms with Crippen LogP contribution in [0.5, 0.6) is 5.75 Å². The highest BCUT2D eigenvalue weighted by Crippen LogP contribution is 2.27. The molecule has 2 amide bonds. The van der Waals surface area contributed by atoms with Gasteiger partial charge in [0.05, 0.1) is 6.10 Å². The molecule has 0 aliphatic carbocycles. The third kappa shape index (κ3) is 6.55. The van der Waals surface area contributed by atoms with E-state index in [1.165, 1.54) is 4.90 Å². The first kappa shape index (κ1) is 24.3. The molecule has 3 atom stereocenters. The van der Waals surface area contributed by atoms with Gasteiger partial charge in [0, 0.05) is 13.0 Å². The molecule has 0 bridgehead atoms. The van der Waals surface area contributed by atoms with Crippen molar-refractivity contribution in [1.29, 1.82) is 0 Å². The maximum Gasteiger partial charge on any atom is 0.413 e. The van der Waals surface area contributed by atoms with Gasteiger partial charge < -0.3 is 24.8 Å². The van der Waals surface area contributed by atoms with Crippen molar-refractivity contribution in [1.82, 2.24) is 10.2 Å². The highest BCUT2D eigenvalue weighted by Gasteiger charge is 2.45. The van der Waals surface area contributed by atoms with Crippen molar-refractivity contribution in [3.63, 3.8) is 0 Å². The molecule has 1 fully saturated rings. The minimum atomic E-state index is -0.983. The fraction of sp³-hybridized carbons (Fsp3) is 0.400. The normalized spacial score (nSPS) is 19.0. The molecular formula is C25H30N2O6. The molecule has 8 nitrogen and oxygen atoms in total. The van der Waals surface area contributed by atoms with Gasteiger partial charge in [-0.25, -0.2) is 9.59 Å². The van der Waals surface area contributed by atoms with E-state index in [2.05, 4.69) is 5.32 Å². The third-order valence-corrected chi connectivity index (χ3v) is 5.39. The predicted molar refractivity (Wildman–Crippen MR) is 121 cm³/mol. The number of aliphatic hydroxyl groups is 1. The molecule has 0 spiro atoms. The van der Waals surface area contributed by atoms with E-state index in [0.717, 1.165) is 5.56 Å². The van der Waals surface area contributed by atoms with E-state index in [4.69, 9.17) is 9.47 Å². The van der Waals surface area contributed by atoms with Crippen LogP contribution in [0, 0.1) is 5.41 Å². The van der Waals surface area contributed by atoms with E-state index >= 15 is 0 Å².